The normalized spacial score (nSPS) is 25.4. The van der Waals surface area contributed by atoms with Gasteiger partial charge in [0.25, 0.3) is 0 Å². The Labute approximate surface area is 118 Å². The molecule has 2 aliphatic rings. The van der Waals surface area contributed by atoms with E-state index in [0.29, 0.717) is 0 Å². The number of hydrogen-bond acceptors (Lipinski definition) is 4. The van der Waals surface area contributed by atoms with E-state index < -0.39 is 0 Å². The molecule has 1 atom stereocenters. The number of rotatable bonds is 2. The molecule has 3 heterocycles. The van der Waals surface area contributed by atoms with Crippen LogP contribution in [0.4, 0.5) is 0 Å². The first-order valence-corrected chi connectivity index (χ1v) is 7.72. The van der Waals surface area contributed by atoms with Crippen LogP contribution < -0.4 is 5.32 Å². The lowest BCUT2D eigenvalue weighted by Crippen LogP contribution is -2.48. The van der Waals surface area contributed by atoms with Gasteiger partial charge in [-0.05, 0) is 37.5 Å². The summed E-state index contributed by atoms with van der Waals surface area (Å²) in [5, 5.41) is 4.70. The highest BCUT2D eigenvalue weighted by molar-refractivity contribution is 8.14. The minimum atomic E-state index is 0.174. The molecule has 102 valence electrons. The van der Waals surface area contributed by atoms with Crippen molar-refractivity contribution in [3.05, 3.63) is 30.1 Å². The molecule has 1 unspecified atom stereocenters. The number of hydrogen-bond donors (Lipinski definition) is 1. The fourth-order valence-corrected chi connectivity index (χ4v) is 3.79. The first-order chi connectivity index (χ1) is 9.27. The molecule has 0 radical (unpaired) electrons. The molecular formula is C14H19N3OS. The number of pyridine rings is 1. The first kappa shape index (κ1) is 12.9. The molecule has 0 aromatic carbocycles. The second kappa shape index (κ2) is 5.51. The Hall–Kier alpha value is -1.07. The van der Waals surface area contributed by atoms with Gasteiger partial charge in [0.15, 0.2) is 5.17 Å². The number of ether oxygens (including phenoxy) is 1. The third kappa shape index (κ3) is 2.92. The van der Waals surface area contributed by atoms with Gasteiger partial charge in [0.05, 0.1) is 11.6 Å². The average molecular weight is 277 g/mol. The van der Waals surface area contributed by atoms with Crippen molar-refractivity contribution in [3.63, 3.8) is 0 Å². The summed E-state index contributed by atoms with van der Waals surface area (Å²) in [6.45, 7) is 3.85. The van der Waals surface area contributed by atoms with Crippen molar-refractivity contribution in [1.29, 1.82) is 0 Å². The summed E-state index contributed by atoms with van der Waals surface area (Å²) in [7, 11) is 0. The van der Waals surface area contributed by atoms with Gasteiger partial charge in [0.2, 0.25) is 0 Å². The van der Waals surface area contributed by atoms with Gasteiger partial charge in [-0.2, -0.15) is 0 Å². The molecule has 4 nitrogen and oxygen atoms in total. The van der Waals surface area contributed by atoms with Crippen LogP contribution in [0.3, 0.4) is 0 Å². The van der Waals surface area contributed by atoms with Crippen LogP contribution in [0, 0.1) is 0 Å². The lowest BCUT2D eigenvalue weighted by Gasteiger charge is -2.32. The Bertz CT molecular complexity index is 457. The van der Waals surface area contributed by atoms with E-state index in [0.717, 1.165) is 37.0 Å². The Morgan fingerprint density at radius 2 is 2.11 bits per heavy atom. The fourth-order valence-electron chi connectivity index (χ4n) is 2.50. The van der Waals surface area contributed by atoms with Crippen LogP contribution in [0.1, 0.15) is 31.4 Å². The van der Waals surface area contributed by atoms with E-state index >= 15 is 0 Å². The number of thioether (sulfide) groups is 1. The van der Waals surface area contributed by atoms with Crippen LogP contribution in [-0.2, 0) is 4.74 Å². The van der Waals surface area contributed by atoms with Crippen LogP contribution >= 0.6 is 11.8 Å². The van der Waals surface area contributed by atoms with Gasteiger partial charge in [0, 0.05) is 31.4 Å². The summed E-state index contributed by atoms with van der Waals surface area (Å²) in [6, 6.07) is 4.23. The molecule has 3 rings (SSSR count). The molecule has 0 bridgehead atoms. The third-order valence-corrected chi connectivity index (χ3v) is 4.98. The topological polar surface area (TPSA) is 46.5 Å². The number of nitrogens with zero attached hydrogens (tertiary/aromatic N) is 2. The molecule has 1 aromatic heterocycles. The number of aromatic nitrogens is 1. The molecule has 1 spiro atoms. The van der Waals surface area contributed by atoms with E-state index in [1.165, 1.54) is 5.56 Å². The van der Waals surface area contributed by atoms with Crippen molar-refractivity contribution < 1.29 is 4.74 Å². The Kier molecular flexibility index (Phi) is 3.75. The maximum absolute atomic E-state index is 5.45. The fraction of sp³-hybridized carbons (Fsp3) is 0.571. The lowest BCUT2D eigenvalue weighted by molar-refractivity contribution is 0.0555. The summed E-state index contributed by atoms with van der Waals surface area (Å²) >= 11 is 1.84. The van der Waals surface area contributed by atoms with Crippen molar-refractivity contribution in [3.8, 4) is 0 Å². The number of aliphatic imine (C=N–C) groups is 1. The molecule has 2 fully saturated rings. The number of amidine groups is 1. The zero-order valence-electron chi connectivity index (χ0n) is 11.1. The predicted octanol–water partition coefficient (Wildman–Crippen LogP) is 2.38. The third-order valence-electron chi connectivity index (χ3n) is 3.81. The highest BCUT2D eigenvalue weighted by Gasteiger charge is 2.38. The molecule has 2 aliphatic heterocycles. The van der Waals surface area contributed by atoms with Gasteiger partial charge in [-0.15, -0.1) is 0 Å². The molecule has 2 saturated heterocycles. The van der Waals surface area contributed by atoms with Gasteiger partial charge in [-0.25, -0.2) is 0 Å². The van der Waals surface area contributed by atoms with E-state index in [4.69, 9.17) is 9.73 Å². The molecule has 0 aliphatic carbocycles. The van der Waals surface area contributed by atoms with E-state index in [2.05, 4.69) is 17.2 Å². The van der Waals surface area contributed by atoms with Gasteiger partial charge in [-0.1, -0.05) is 11.8 Å². The predicted molar refractivity (Wildman–Crippen MR) is 78.5 cm³/mol. The minimum absolute atomic E-state index is 0.174. The Morgan fingerprint density at radius 3 is 2.84 bits per heavy atom. The average Bonchev–Trinajstić information content (AvgIpc) is 2.83. The quantitative estimate of drug-likeness (QED) is 0.901. The summed E-state index contributed by atoms with van der Waals surface area (Å²) in [4.78, 5) is 8.84. The first-order valence-electron chi connectivity index (χ1n) is 6.74. The van der Waals surface area contributed by atoms with Crippen LogP contribution in [0.15, 0.2) is 29.5 Å². The Morgan fingerprint density at radius 1 is 1.37 bits per heavy atom. The summed E-state index contributed by atoms with van der Waals surface area (Å²) in [6.07, 6.45) is 5.81. The molecule has 5 heteroatoms. The van der Waals surface area contributed by atoms with Crippen molar-refractivity contribution in [2.45, 2.75) is 31.3 Å². The van der Waals surface area contributed by atoms with Crippen LogP contribution in [0.25, 0.3) is 0 Å². The standard InChI is InChI=1S/C14H19N3OS/c1-11(12-2-6-15-7-3-12)16-13-17-14(10-19-13)4-8-18-9-5-14/h2-3,6-7,11H,4-5,8-10H2,1H3,(H,16,17). The van der Waals surface area contributed by atoms with E-state index in [9.17, 15) is 0 Å². The Balaban J connectivity index is 1.68. The van der Waals surface area contributed by atoms with Crippen LogP contribution in [0.2, 0.25) is 0 Å². The molecule has 1 N–H and O–H groups in total. The summed E-state index contributed by atoms with van der Waals surface area (Å²) in [5.74, 6) is 1.11. The minimum Gasteiger partial charge on any atom is -0.381 e. The maximum Gasteiger partial charge on any atom is 0.157 e. The highest BCUT2D eigenvalue weighted by Crippen LogP contribution is 2.32. The van der Waals surface area contributed by atoms with Gasteiger partial charge >= 0.3 is 0 Å². The van der Waals surface area contributed by atoms with Gasteiger partial charge < -0.3 is 10.1 Å². The van der Waals surface area contributed by atoms with Gasteiger partial charge in [0.1, 0.15) is 0 Å². The second-order valence-electron chi connectivity index (χ2n) is 5.20. The number of nitrogens with one attached hydrogen (secondary N) is 1. The zero-order valence-corrected chi connectivity index (χ0v) is 11.9. The smallest absolute Gasteiger partial charge is 0.157 e. The lowest BCUT2D eigenvalue weighted by atomic mass is 9.93. The van der Waals surface area contributed by atoms with Crippen molar-refractivity contribution >= 4 is 16.9 Å². The monoisotopic (exact) mass is 277 g/mol. The SMILES string of the molecule is CC(N=C1NC2(CCOCC2)CS1)c1ccncc1. The maximum atomic E-state index is 5.45. The van der Waals surface area contributed by atoms with Crippen LogP contribution in [0.5, 0.6) is 0 Å². The second-order valence-corrected chi connectivity index (χ2v) is 6.16. The molecule has 0 saturated carbocycles. The molecule has 0 amide bonds. The van der Waals surface area contributed by atoms with E-state index in [-0.39, 0.29) is 11.6 Å². The highest BCUT2D eigenvalue weighted by atomic mass is 32.2. The molecule has 1 aromatic rings. The van der Waals surface area contributed by atoms with Crippen molar-refractivity contribution in [2.24, 2.45) is 4.99 Å². The van der Waals surface area contributed by atoms with Crippen molar-refractivity contribution in [2.75, 3.05) is 19.0 Å². The van der Waals surface area contributed by atoms with E-state index in [1.807, 2.05) is 36.3 Å². The largest absolute Gasteiger partial charge is 0.381 e. The van der Waals surface area contributed by atoms with E-state index in [1.54, 1.807) is 0 Å². The summed E-state index contributed by atoms with van der Waals surface area (Å²) in [5.41, 5.74) is 1.43. The zero-order chi connectivity index (χ0) is 13.1. The van der Waals surface area contributed by atoms with Crippen molar-refractivity contribution in [1.82, 2.24) is 10.3 Å². The molecule has 19 heavy (non-hydrogen) atoms. The van der Waals surface area contributed by atoms with Crippen LogP contribution in [-0.4, -0.2) is 34.7 Å². The van der Waals surface area contributed by atoms with Gasteiger partial charge in [-0.3, -0.25) is 9.98 Å². The summed E-state index contributed by atoms with van der Waals surface area (Å²) < 4.78 is 5.45. The molecular weight excluding hydrogens is 258 g/mol.